The number of anilines is 1. The van der Waals surface area contributed by atoms with Crippen LogP contribution < -0.4 is 5.32 Å². The molecule has 0 saturated heterocycles. The van der Waals surface area contributed by atoms with E-state index in [0.29, 0.717) is 5.11 Å². The summed E-state index contributed by atoms with van der Waals surface area (Å²) in [5.41, 5.74) is 3.46. The SMILES string of the molecule is Cc1ccc(C)c(NC(=S)N(C)Cc2ccc(Cl)s2)c1. The van der Waals surface area contributed by atoms with Crippen LogP contribution in [0.4, 0.5) is 5.69 Å². The Labute approximate surface area is 134 Å². The second-order valence-electron chi connectivity index (χ2n) is 4.81. The van der Waals surface area contributed by atoms with Crippen molar-refractivity contribution in [1.82, 2.24) is 4.90 Å². The molecule has 0 spiro atoms. The molecule has 2 rings (SSSR count). The Balaban J connectivity index is 2.02. The topological polar surface area (TPSA) is 15.3 Å². The van der Waals surface area contributed by atoms with Crippen molar-refractivity contribution in [1.29, 1.82) is 0 Å². The summed E-state index contributed by atoms with van der Waals surface area (Å²) in [6.45, 7) is 4.91. The van der Waals surface area contributed by atoms with Gasteiger partial charge in [0.05, 0.1) is 10.9 Å². The van der Waals surface area contributed by atoms with Gasteiger partial charge >= 0.3 is 0 Å². The molecule has 20 heavy (non-hydrogen) atoms. The van der Waals surface area contributed by atoms with Gasteiger partial charge in [-0.25, -0.2) is 0 Å². The van der Waals surface area contributed by atoms with E-state index in [1.165, 1.54) is 16.0 Å². The van der Waals surface area contributed by atoms with Crippen LogP contribution in [-0.4, -0.2) is 17.1 Å². The van der Waals surface area contributed by atoms with Crippen LogP contribution in [0, 0.1) is 13.8 Å². The predicted octanol–water partition coefficient (Wildman–Crippen LogP) is 4.85. The van der Waals surface area contributed by atoms with Crippen LogP contribution in [0.5, 0.6) is 0 Å². The van der Waals surface area contributed by atoms with E-state index in [9.17, 15) is 0 Å². The Bertz CT molecular complexity index is 622. The Morgan fingerprint density at radius 3 is 2.70 bits per heavy atom. The van der Waals surface area contributed by atoms with Crippen molar-refractivity contribution in [2.45, 2.75) is 20.4 Å². The number of benzene rings is 1. The Kier molecular flexibility index (Phi) is 5.02. The Morgan fingerprint density at radius 1 is 1.30 bits per heavy atom. The fourth-order valence-electron chi connectivity index (χ4n) is 1.82. The molecule has 0 saturated carbocycles. The summed E-state index contributed by atoms with van der Waals surface area (Å²) in [5, 5.41) is 4.02. The monoisotopic (exact) mass is 324 g/mol. The number of halogens is 1. The zero-order valence-electron chi connectivity index (χ0n) is 11.7. The second kappa shape index (κ2) is 6.57. The van der Waals surface area contributed by atoms with Crippen molar-refractivity contribution in [3.8, 4) is 0 Å². The average molecular weight is 325 g/mol. The Morgan fingerprint density at radius 2 is 2.05 bits per heavy atom. The van der Waals surface area contributed by atoms with Gasteiger partial charge in [0.15, 0.2) is 5.11 Å². The minimum absolute atomic E-state index is 0.711. The largest absolute Gasteiger partial charge is 0.347 e. The molecule has 0 bridgehead atoms. The van der Waals surface area contributed by atoms with Crippen LogP contribution in [0.3, 0.4) is 0 Å². The van der Waals surface area contributed by atoms with Crippen LogP contribution in [0.2, 0.25) is 4.34 Å². The molecule has 1 N–H and O–H groups in total. The second-order valence-corrected chi connectivity index (χ2v) is 7.00. The minimum Gasteiger partial charge on any atom is -0.347 e. The molecule has 2 nitrogen and oxygen atoms in total. The molecular weight excluding hydrogens is 308 g/mol. The molecule has 106 valence electrons. The van der Waals surface area contributed by atoms with Gasteiger partial charge in [0, 0.05) is 17.6 Å². The maximum atomic E-state index is 5.94. The molecule has 0 radical (unpaired) electrons. The summed E-state index contributed by atoms with van der Waals surface area (Å²) in [6, 6.07) is 10.2. The van der Waals surface area contributed by atoms with Crippen molar-refractivity contribution >= 4 is 46.0 Å². The van der Waals surface area contributed by atoms with E-state index in [2.05, 4.69) is 37.4 Å². The lowest BCUT2D eigenvalue weighted by Gasteiger charge is -2.21. The number of aryl methyl sites for hydroxylation is 2. The van der Waals surface area contributed by atoms with Gasteiger partial charge in [-0.05, 0) is 55.4 Å². The van der Waals surface area contributed by atoms with Gasteiger partial charge in [-0.2, -0.15) is 0 Å². The normalized spacial score (nSPS) is 10.4. The third-order valence-corrected chi connectivity index (χ3v) is 4.63. The van der Waals surface area contributed by atoms with E-state index in [0.717, 1.165) is 16.6 Å². The van der Waals surface area contributed by atoms with Crippen molar-refractivity contribution in [3.63, 3.8) is 0 Å². The number of nitrogens with zero attached hydrogens (tertiary/aromatic N) is 1. The Hall–Kier alpha value is -1.10. The molecule has 0 unspecified atom stereocenters. The highest BCUT2D eigenvalue weighted by molar-refractivity contribution is 7.80. The summed E-state index contributed by atoms with van der Waals surface area (Å²) in [5.74, 6) is 0. The molecule has 0 aliphatic heterocycles. The number of thiophene rings is 1. The average Bonchev–Trinajstić information content (AvgIpc) is 2.79. The quantitative estimate of drug-likeness (QED) is 0.813. The number of hydrogen-bond acceptors (Lipinski definition) is 2. The fraction of sp³-hybridized carbons (Fsp3) is 0.267. The van der Waals surface area contributed by atoms with Crippen molar-refractivity contribution in [3.05, 3.63) is 50.7 Å². The predicted molar refractivity (Wildman–Crippen MR) is 92.9 cm³/mol. The van der Waals surface area contributed by atoms with Gasteiger partial charge in [0.2, 0.25) is 0 Å². The van der Waals surface area contributed by atoms with Crippen LogP contribution in [0.25, 0.3) is 0 Å². The van der Waals surface area contributed by atoms with E-state index in [4.69, 9.17) is 23.8 Å². The molecule has 1 aromatic carbocycles. The summed E-state index contributed by atoms with van der Waals surface area (Å²) in [6.07, 6.45) is 0. The highest BCUT2D eigenvalue weighted by atomic mass is 35.5. The smallest absolute Gasteiger partial charge is 0.173 e. The summed E-state index contributed by atoms with van der Waals surface area (Å²) >= 11 is 13.0. The summed E-state index contributed by atoms with van der Waals surface area (Å²) in [4.78, 5) is 3.21. The van der Waals surface area contributed by atoms with Crippen molar-refractivity contribution in [2.75, 3.05) is 12.4 Å². The molecule has 0 fully saturated rings. The lowest BCUT2D eigenvalue weighted by molar-refractivity contribution is 0.514. The van der Waals surface area contributed by atoms with E-state index in [-0.39, 0.29) is 0 Å². The zero-order chi connectivity index (χ0) is 14.7. The lowest BCUT2D eigenvalue weighted by Crippen LogP contribution is -2.30. The first-order valence-corrected chi connectivity index (χ1v) is 7.89. The molecule has 1 aromatic heterocycles. The van der Waals surface area contributed by atoms with Crippen LogP contribution in [0.1, 0.15) is 16.0 Å². The molecule has 5 heteroatoms. The van der Waals surface area contributed by atoms with Crippen LogP contribution in [0.15, 0.2) is 30.3 Å². The molecule has 0 atom stereocenters. The number of nitrogens with one attached hydrogen (secondary N) is 1. The maximum Gasteiger partial charge on any atom is 0.173 e. The number of hydrogen-bond donors (Lipinski definition) is 1. The van der Waals surface area contributed by atoms with Gasteiger partial charge < -0.3 is 10.2 Å². The highest BCUT2D eigenvalue weighted by Crippen LogP contribution is 2.23. The maximum absolute atomic E-state index is 5.94. The number of rotatable bonds is 3. The van der Waals surface area contributed by atoms with Gasteiger partial charge in [-0.3, -0.25) is 0 Å². The van der Waals surface area contributed by atoms with Gasteiger partial charge in [0.25, 0.3) is 0 Å². The summed E-state index contributed by atoms with van der Waals surface area (Å²) < 4.78 is 0.807. The minimum atomic E-state index is 0.711. The van der Waals surface area contributed by atoms with Crippen molar-refractivity contribution < 1.29 is 0 Å². The van der Waals surface area contributed by atoms with E-state index < -0.39 is 0 Å². The van der Waals surface area contributed by atoms with Crippen LogP contribution in [-0.2, 0) is 6.54 Å². The fourth-order valence-corrected chi connectivity index (χ4v) is 3.14. The third kappa shape index (κ3) is 3.95. The number of thiocarbonyl (C=S) groups is 1. The lowest BCUT2D eigenvalue weighted by atomic mass is 10.1. The highest BCUT2D eigenvalue weighted by Gasteiger charge is 2.08. The first-order chi connectivity index (χ1) is 9.45. The first kappa shape index (κ1) is 15.3. The van der Waals surface area contributed by atoms with E-state index in [1.54, 1.807) is 11.3 Å². The van der Waals surface area contributed by atoms with E-state index >= 15 is 0 Å². The standard InChI is InChI=1S/C15H17ClN2S2/c1-10-4-5-11(2)13(8-10)17-15(19)18(3)9-12-6-7-14(16)20-12/h4-8H,9H2,1-3H3,(H,17,19). The third-order valence-electron chi connectivity index (χ3n) is 3.00. The molecule has 0 aliphatic carbocycles. The van der Waals surface area contributed by atoms with E-state index in [1.807, 2.05) is 24.1 Å². The molecular formula is C15H17ClN2S2. The molecule has 0 amide bonds. The molecule has 2 aromatic rings. The van der Waals surface area contributed by atoms with Gasteiger partial charge in [0.1, 0.15) is 0 Å². The molecule has 1 heterocycles. The van der Waals surface area contributed by atoms with Crippen molar-refractivity contribution in [2.24, 2.45) is 0 Å². The first-order valence-electron chi connectivity index (χ1n) is 6.29. The van der Waals surface area contributed by atoms with Gasteiger partial charge in [-0.15, -0.1) is 11.3 Å². The summed E-state index contributed by atoms with van der Waals surface area (Å²) in [7, 11) is 1.98. The van der Waals surface area contributed by atoms with Gasteiger partial charge in [-0.1, -0.05) is 23.7 Å². The van der Waals surface area contributed by atoms with Crippen LogP contribution >= 0.6 is 35.2 Å². The zero-order valence-corrected chi connectivity index (χ0v) is 14.1. The molecule has 0 aliphatic rings.